The van der Waals surface area contributed by atoms with Gasteiger partial charge in [0, 0.05) is 25.9 Å². The molecule has 0 saturated carbocycles. The Bertz CT molecular complexity index is 939. The fourth-order valence-corrected chi connectivity index (χ4v) is 2.80. The minimum atomic E-state index is -0.257. The number of aromatic nitrogens is 3. The van der Waals surface area contributed by atoms with Crippen LogP contribution in [0.1, 0.15) is 16.2 Å². The molecule has 0 bridgehead atoms. The van der Waals surface area contributed by atoms with Gasteiger partial charge >= 0.3 is 0 Å². The molecule has 3 aromatic rings. The minimum absolute atomic E-state index is 0.257. The van der Waals surface area contributed by atoms with Crippen molar-refractivity contribution in [3.63, 3.8) is 0 Å². The number of amides is 1. The highest BCUT2D eigenvalue weighted by atomic mass is 16.5. The summed E-state index contributed by atoms with van der Waals surface area (Å²) < 4.78 is 17.6. The van der Waals surface area contributed by atoms with Crippen molar-refractivity contribution in [2.75, 3.05) is 27.9 Å². The summed E-state index contributed by atoms with van der Waals surface area (Å²) in [5.41, 5.74) is 1.97. The Balaban J connectivity index is 1.81. The van der Waals surface area contributed by atoms with Crippen LogP contribution in [-0.2, 0) is 17.8 Å². The number of imidazole rings is 1. The summed E-state index contributed by atoms with van der Waals surface area (Å²) in [6, 6.07) is 8.79. The molecule has 27 heavy (non-hydrogen) atoms. The van der Waals surface area contributed by atoms with E-state index >= 15 is 0 Å². The van der Waals surface area contributed by atoms with Crippen molar-refractivity contribution in [2.45, 2.75) is 13.1 Å². The largest absolute Gasteiger partial charge is 0.497 e. The van der Waals surface area contributed by atoms with E-state index in [-0.39, 0.29) is 12.5 Å². The number of methoxy groups -OCH3 is 3. The molecule has 0 aliphatic rings. The molecule has 0 aliphatic carbocycles. The van der Waals surface area contributed by atoms with E-state index in [2.05, 4.69) is 15.3 Å². The van der Waals surface area contributed by atoms with Gasteiger partial charge in [0.2, 0.25) is 0 Å². The van der Waals surface area contributed by atoms with Gasteiger partial charge in [0.15, 0.2) is 5.65 Å². The SMILES string of the molecule is COCCn1c(CNC(=O)c2ccc(OC)cc2OC)nc2cccnc21. The zero-order valence-electron chi connectivity index (χ0n) is 15.6. The third-order valence-electron chi connectivity index (χ3n) is 4.16. The van der Waals surface area contributed by atoms with Crippen molar-refractivity contribution in [1.82, 2.24) is 19.9 Å². The minimum Gasteiger partial charge on any atom is -0.497 e. The monoisotopic (exact) mass is 370 g/mol. The molecule has 0 atom stereocenters. The van der Waals surface area contributed by atoms with Gasteiger partial charge < -0.3 is 24.1 Å². The molecular formula is C19H22N4O4. The third-order valence-corrected chi connectivity index (χ3v) is 4.16. The Hall–Kier alpha value is -3.13. The number of nitrogens with one attached hydrogen (secondary N) is 1. The van der Waals surface area contributed by atoms with E-state index in [9.17, 15) is 4.79 Å². The number of rotatable bonds is 8. The van der Waals surface area contributed by atoms with Crippen LogP contribution >= 0.6 is 0 Å². The molecule has 0 saturated heterocycles. The number of nitrogens with zero attached hydrogens (tertiary/aromatic N) is 3. The number of carbonyl (C=O) groups excluding carboxylic acids is 1. The molecule has 3 rings (SSSR count). The summed E-state index contributed by atoms with van der Waals surface area (Å²) >= 11 is 0. The van der Waals surface area contributed by atoms with Crippen LogP contribution in [0.15, 0.2) is 36.5 Å². The first-order valence-corrected chi connectivity index (χ1v) is 8.47. The van der Waals surface area contributed by atoms with E-state index in [0.29, 0.717) is 36.0 Å². The van der Waals surface area contributed by atoms with Crippen LogP contribution in [0.5, 0.6) is 11.5 Å². The number of ether oxygens (including phenoxy) is 3. The van der Waals surface area contributed by atoms with Gasteiger partial charge in [-0.15, -0.1) is 0 Å². The van der Waals surface area contributed by atoms with Gasteiger partial charge in [-0.05, 0) is 24.3 Å². The maximum Gasteiger partial charge on any atom is 0.255 e. The van der Waals surface area contributed by atoms with E-state index in [4.69, 9.17) is 14.2 Å². The number of hydrogen-bond acceptors (Lipinski definition) is 6. The molecule has 1 amide bonds. The van der Waals surface area contributed by atoms with Crippen molar-refractivity contribution in [1.29, 1.82) is 0 Å². The molecular weight excluding hydrogens is 348 g/mol. The van der Waals surface area contributed by atoms with E-state index in [1.807, 2.05) is 16.7 Å². The molecule has 142 valence electrons. The van der Waals surface area contributed by atoms with E-state index in [1.165, 1.54) is 7.11 Å². The van der Waals surface area contributed by atoms with Gasteiger partial charge in [0.25, 0.3) is 5.91 Å². The van der Waals surface area contributed by atoms with Crippen molar-refractivity contribution in [3.8, 4) is 11.5 Å². The van der Waals surface area contributed by atoms with Crippen LogP contribution in [0.25, 0.3) is 11.2 Å². The molecule has 1 N–H and O–H groups in total. The molecule has 2 aromatic heterocycles. The van der Waals surface area contributed by atoms with Crippen LogP contribution in [0.3, 0.4) is 0 Å². The molecule has 0 unspecified atom stereocenters. The lowest BCUT2D eigenvalue weighted by Gasteiger charge is -2.12. The summed E-state index contributed by atoms with van der Waals surface area (Å²) in [4.78, 5) is 21.6. The molecule has 0 aliphatic heterocycles. The van der Waals surface area contributed by atoms with Gasteiger partial charge in [-0.3, -0.25) is 4.79 Å². The number of pyridine rings is 1. The van der Waals surface area contributed by atoms with Crippen LogP contribution < -0.4 is 14.8 Å². The van der Waals surface area contributed by atoms with Crippen LogP contribution in [0.2, 0.25) is 0 Å². The third kappa shape index (κ3) is 4.01. The second-order valence-corrected chi connectivity index (χ2v) is 5.77. The highest BCUT2D eigenvalue weighted by Gasteiger charge is 2.16. The zero-order chi connectivity index (χ0) is 19.2. The molecule has 1 aromatic carbocycles. The first-order valence-electron chi connectivity index (χ1n) is 8.47. The molecule has 8 heteroatoms. The average molecular weight is 370 g/mol. The van der Waals surface area contributed by atoms with E-state index < -0.39 is 0 Å². The summed E-state index contributed by atoms with van der Waals surface area (Å²) in [5, 5.41) is 2.89. The highest BCUT2D eigenvalue weighted by Crippen LogP contribution is 2.24. The van der Waals surface area contributed by atoms with Gasteiger partial charge in [0.05, 0.1) is 32.9 Å². The Morgan fingerprint density at radius 3 is 2.78 bits per heavy atom. The first-order chi connectivity index (χ1) is 13.2. The average Bonchev–Trinajstić information content (AvgIpc) is 3.07. The summed E-state index contributed by atoms with van der Waals surface area (Å²) in [5.74, 6) is 1.52. The quantitative estimate of drug-likeness (QED) is 0.653. The summed E-state index contributed by atoms with van der Waals surface area (Å²) in [7, 11) is 4.72. The lowest BCUT2D eigenvalue weighted by atomic mass is 10.1. The topological polar surface area (TPSA) is 87.5 Å². The molecule has 0 radical (unpaired) electrons. The van der Waals surface area contributed by atoms with Crippen molar-refractivity contribution < 1.29 is 19.0 Å². The Morgan fingerprint density at radius 1 is 1.19 bits per heavy atom. The van der Waals surface area contributed by atoms with Crippen molar-refractivity contribution >= 4 is 17.1 Å². The number of fused-ring (bicyclic) bond motifs is 1. The van der Waals surface area contributed by atoms with Gasteiger partial charge in [0.1, 0.15) is 22.8 Å². The van der Waals surface area contributed by atoms with Crippen molar-refractivity contribution in [2.24, 2.45) is 0 Å². The summed E-state index contributed by atoms with van der Waals surface area (Å²) in [6.07, 6.45) is 1.72. The predicted molar refractivity (Wildman–Crippen MR) is 100 cm³/mol. The molecule has 8 nitrogen and oxygen atoms in total. The first kappa shape index (κ1) is 18.7. The molecule has 0 fully saturated rings. The maximum atomic E-state index is 12.6. The Labute approximate surface area is 157 Å². The van der Waals surface area contributed by atoms with Gasteiger partial charge in [-0.1, -0.05) is 0 Å². The lowest BCUT2D eigenvalue weighted by Crippen LogP contribution is -2.25. The second kappa shape index (κ2) is 8.50. The molecule has 0 spiro atoms. The van der Waals surface area contributed by atoms with Crippen molar-refractivity contribution in [3.05, 3.63) is 47.9 Å². The fourth-order valence-electron chi connectivity index (χ4n) is 2.80. The number of benzene rings is 1. The second-order valence-electron chi connectivity index (χ2n) is 5.77. The van der Waals surface area contributed by atoms with E-state index in [0.717, 1.165) is 11.2 Å². The lowest BCUT2D eigenvalue weighted by molar-refractivity contribution is 0.0946. The summed E-state index contributed by atoms with van der Waals surface area (Å²) in [6.45, 7) is 1.38. The van der Waals surface area contributed by atoms with Crippen LogP contribution in [0, 0.1) is 0 Å². The highest BCUT2D eigenvalue weighted by molar-refractivity contribution is 5.97. The van der Waals surface area contributed by atoms with Crippen LogP contribution in [-0.4, -0.2) is 48.4 Å². The number of carbonyl (C=O) groups is 1. The number of hydrogen-bond donors (Lipinski definition) is 1. The van der Waals surface area contributed by atoms with Gasteiger partial charge in [-0.2, -0.15) is 0 Å². The Morgan fingerprint density at radius 2 is 2.04 bits per heavy atom. The zero-order valence-corrected chi connectivity index (χ0v) is 15.6. The Kier molecular flexibility index (Phi) is 5.87. The smallest absolute Gasteiger partial charge is 0.255 e. The van der Waals surface area contributed by atoms with Gasteiger partial charge in [-0.25, -0.2) is 9.97 Å². The normalized spacial score (nSPS) is 10.8. The standard InChI is InChI=1S/C19H22N4O4/c1-25-10-9-23-17(22-15-5-4-8-20-18(15)23)12-21-19(24)14-7-6-13(26-2)11-16(14)27-3/h4-8,11H,9-10,12H2,1-3H3,(H,21,24). The predicted octanol–water partition coefficient (Wildman–Crippen LogP) is 2.02. The maximum absolute atomic E-state index is 12.6. The van der Waals surface area contributed by atoms with Crippen LogP contribution in [0.4, 0.5) is 0 Å². The molecule has 2 heterocycles. The van der Waals surface area contributed by atoms with E-state index in [1.54, 1.807) is 38.6 Å². The fraction of sp³-hybridized carbons (Fsp3) is 0.316.